The van der Waals surface area contributed by atoms with Gasteiger partial charge in [-0.3, -0.25) is 33.8 Å². The van der Waals surface area contributed by atoms with Crippen molar-refractivity contribution in [1.82, 2.24) is 24.6 Å². The average Bonchev–Trinajstić information content (AvgIpc) is 3.69. The Morgan fingerprint density at radius 2 is 1.53 bits per heavy atom. The third-order valence-electron chi connectivity index (χ3n) is 10.1. The quantitative estimate of drug-likeness (QED) is 0.203. The summed E-state index contributed by atoms with van der Waals surface area (Å²) in [6.45, 7) is 7.85. The van der Waals surface area contributed by atoms with E-state index in [-0.39, 0.29) is 29.9 Å². The van der Waals surface area contributed by atoms with Crippen molar-refractivity contribution in [3.63, 3.8) is 0 Å². The Labute approximate surface area is 284 Å². The van der Waals surface area contributed by atoms with Gasteiger partial charge in [-0.25, -0.2) is 0 Å². The van der Waals surface area contributed by atoms with Gasteiger partial charge in [0.25, 0.3) is 11.8 Å². The number of likely N-dealkylation sites (tertiary alicyclic amines) is 2. The Morgan fingerprint density at radius 1 is 0.857 bits per heavy atom. The first kappa shape index (κ1) is 32.6. The molecule has 2 aromatic carbocycles. The van der Waals surface area contributed by atoms with E-state index in [0.29, 0.717) is 48.9 Å². The number of carboxylic acid groups (broad SMARTS) is 1. The summed E-state index contributed by atoms with van der Waals surface area (Å²) in [7, 11) is 0. The predicted octanol–water partition coefficient (Wildman–Crippen LogP) is 4.48. The summed E-state index contributed by atoms with van der Waals surface area (Å²) >= 11 is 0. The molecule has 0 bridgehead atoms. The number of fused-ring (bicyclic) bond motifs is 1. The molecule has 0 saturated carbocycles. The van der Waals surface area contributed by atoms with Crippen LogP contribution in [0.15, 0.2) is 60.8 Å². The lowest BCUT2D eigenvalue weighted by Crippen LogP contribution is -2.52. The SMILES string of the molecule is Cc1c(NC(=O)c2ccc(CN3CC[C@@H](O)C3)cn2)cccc1-c1cccc(NC(=O)c2cc3n(n2)CCC[C@@H]3N2CC(C(=O)O)C2)c1C. The van der Waals surface area contributed by atoms with Gasteiger partial charge in [-0.15, -0.1) is 0 Å². The maximum atomic E-state index is 13.5. The number of pyridine rings is 1. The zero-order chi connectivity index (χ0) is 34.2. The summed E-state index contributed by atoms with van der Waals surface area (Å²) in [5.74, 6) is -1.71. The maximum absolute atomic E-state index is 13.5. The van der Waals surface area contributed by atoms with E-state index in [4.69, 9.17) is 0 Å². The van der Waals surface area contributed by atoms with Gasteiger partial charge in [-0.1, -0.05) is 30.3 Å². The average molecular weight is 664 g/mol. The summed E-state index contributed by atoms with van der Waals surface area (Å²) in [4.78, 5) is 46.7. The summed E-state index contributed by atoms with van der Waals surface area (Å²) in [6.07, 6.45) is 4.04. The Hall–Kier alpha value is -4.91. The second kappa shape index (κ2) is 13.5. The van der Waals surface area contributed by atoms with E-state index in [0.717, 1.165) is 65.9 Å². The molecule has 0 aliphatic carbocycles. The number of aliphatic hydroxyl groups excluding tert-OH is 1. The Morgan fingerprint density at radius 3 is 2.12 bits per heavy atom. The highest BCUT2D eigenvalue weighted by Gasteiger charge is 2.39. The minimum atomic E-state index is -0.764. The monoisotopic (exact) mass is 663 g/mol. The number of β-amino-alcohol motifs (C(OH)–C–C–N with tert-alkyl or cyclic N) is 1. The van der Waals surface area contributed by atoms with Crippen LogP contribution < -0.4 is 10.6 Å². The number of carbonyl (C=O) groups is 3. The van der Waals surface area contributed by atoms with Gasteiger partial charge in [-0.05, 0) is 85.2 Å². The minimum absolute atomic E-state index is 0.0602. The van der Waals surface area contributed by atoms with Crippen LogP contribution in [-0.4, -0.2) is 84.8 Å². The molecule has 4 aromatic rings. The van der Waals surface area contributed by atoms with E-state index < -0.39 is 5.97 Å². The number of aliphatic hydroxyl groups is 1. The summed E-state index contributed by atoms with van der Waals surface area (Å²) in [5, 5.41) is 29.8. The molecule has 49 heavy (non-hydrogen) atoms. The molecule has 2 saturated heterocycles. The van der Waals surface area contributed by atoms with E-state index in [1.54, 1.807) is 12.3 Å². The van der Waals surface area contributed by atoms with Gasteiger partial charge in [-0.2, -0.15) is 5.10 Å². The molecule has 2 atom stereocenters. The molecule has 2 amide bonds. The van der Waals surface area contributed by atoms with E-state index in [9.17, 15) is 24.6 Å². The van der Waals surface area contributed by atoms with Crippen molar-refractivity contribution in [3.05, 3.63) is 94.6 Å². The lowest BCUT2D eigenvalue weighted by molar-refractivity contribution is -0.149. The van der Waals surface area contributed by atoms with Gasteiger partial charge >= 0.3 is 5.97 Å². The number of aryl methyl sites for hydroxylation is 1. The number of anilines is 2. The van der Waals surface area contributed by atoms with Crippen molar-refractivity contribution in [1.29, 1.82) is 0 Å². The van der Waals surface area contributed by atoms with E-state index in [1.165, 1.54) is 0 Å². The van der Waals surface area contributed by atoms with Gasteiger partial charge in [0.15, 0.2) is 5.69 Å². The molecule has 0 unspecified atom stereocenters. The van der Waals surface area contributed by atoms with Gasteiger partial charge < -0.3 is 20.8 Å². The zero-order valence-electron chi connectivity index (χ0n) is 27.7. The van der Waals surface area contributed by atoms with Crippen LogP contribution in [0.3, 0.4) is 0 Å². The Balaban J connectivity index is 1.04. The van der Waals surface area contributed by atoms with Crippen molar-refractivity contribution in [2.45, 2.75) is 58.3 Å². The number of rotatable bonds is 9. The number of aromatic nitrogens is 3. The number of nitrogens with one attached hydrogen (secondary N) is 2. The molecule has 5 heterocycles. The van der Waals surface area contributed by atoms with Gasteiger partial charge in [0.2, 0.25) is 0 Å². The zero-order valence-corrected chi connectivity index (χ0v) is 27.7. The molecule has 2 fully saturated rings. The highest BCUT2D eigenvalue weighted by molar-refractivity contribution is 6.05. The van der Waals surface area contributed by atoms with Gasteiger partial charge in [0.05, 0.1) is 23.8 Å². The van der Waals surface area contributed by atoms with Crippen LogP contribution in [0.5, 0.6) is 0 Å². The lowest BCUT2D eigenvalue weighted by atomic mass is 9.93. The fourth-order valence-electron chi connectivity index (χ4n) is 7.23. The van der Waals surface area contributed by atoms with Crippen LogP contribution in [0, 0.1) is 19.8 Å². The number of benzene rings is 2. The number of amides is 2. The Bertz CT molecular complexity index is 1900. The Kier molecular flexibility index (Phi) is 9.01. The molecule has 0 radical (unpaired) electrons. The molecule has 7 rings (SSSR count). The van der Waals surface area contributed by atoms with Crippen LogP contribution in [0.4, 0.5) is 11.4 Å². The third-order valence-corrected chi connectivity index (χ3v) is 10.1. The third kappa shape index (κ3) is 6.71. The highest BCUT2D eigenvalue weighted by Crippen LogP contribution is 2.37. The number of carboxylic acids is 1. The van der Waals surface area contributed by atoms with Crippen LogP contribution in [0.25, 0.3) is 11.1 Å². The van der Waals surface area contributed by atoms with Crippen LogP contribution in [-0.2, 0) is 17.9 Å². The smallest absolute Gasteiger partial charge is 0.309 e. The van der Waals surface area contributed by atoms with Crippen LogP contribution in [0.1, 0.15) is 68.7 Å². The predicted molar refractivity (Wildman–Crippen MR) is 184 cm³/mol. The van der Waals surface area contributed by atoms with Crippen molar-refractivity contribution in [3.8, 4) is 11.1 Å². The molecular weight excluding hydrogens is 622 g/mol. The van der Waals surface area contributed by atoms with Crippen LogP contribution in [0.2, 0.25) is 0 Å². The highest BCUT2D eigenvalue weighted by atomic mass is 16.4. The van der Waals surface area contributed by atoms with Crippen molar-refractivity contribution in [2.75, 3.05) is 36.8 Å². The second-order valence-electron chi connectivity index (χ2n) is 13.4. The lowest BCUT2D eigenvalue weighted by Gasteiger charge is -2.43. The number of nitrogens with zero attached hydrogens (tertiary/aromatic N) is 5. The molecule has 12 heteroatoms. The van der Waals surface area contributed by atoms with Crippen molar-refractivity contribution >= 4 is 29.2 Å². The summed E-state index contributed by atoms with van der Waals surface area (Å²) < 4.78 is 1.88. The molecular formula is C37H41N7O5. The largest absolute Gasteiger partial charge is 0.481 e. The molecule has 3 aliphatic rings. The minimum Gasteiger partial charge on any atom is -0.481 e. The van der Waals surface area contributed by atoms with Gasteiger partial charge in [0, 0.05) is 56.8 Å². The molecule has 4 N–H and O–H groups in total. The summed E-state index contributed by atoms with van der Waals surface area (Å²) in [6, 6.07) is 17.0. The molecule has 3 aliphatic heterocycles. The maximum Gasteiger partial charge on any atom is 0.309 e. The molecule has 0 spiro atoms. The second-order valence-corrected chi connectivity index (χ2v) is 13.4. The molecule has 254 valence electrons. The first-order valence-corrected chi connectivity index (χ1v) is 16.9. The van der Waals surface area contributed by atoms with Crippen LogP contribution >= 0.6 is 0 Å². The van der Waals surface area contributed by atoms with E-state index in [2.05, 4.69) is 30.5 Å². The number of hydrogen-bond donors (Lipinski definition) is 4. The topological polar surface area (TPSA) is 153 Å². The fourth-order valence-corrected chi connectivity index (χ4v) is 7.23. The number of hydrogen-bond acceptors (Lipinski definition) is 8. The molecule has 12 nitrogen and oxygen atoms in total. The fraction of sp³-hybridized carbons (Fsp3) is 0.378. The van der Waals surface area contributed by atoms with Crippen molar-refractivity contribution < 1.29 is 24.6 Å². The van der Waals surface area contributed by atoms with Gasteiger partial charge in [0.1, 0.15) is 5.69 Å². The first-order chi connectivity index (χ1) is 23.6. The number of aliphatic carboxylic acids is 1. The van der Waals surface area contributed by atoms with E-state index in [1.807, 2.05) is 67.1 Å². The normalized spacial score (nSPS) is 19.7. The van der Waals surface area contributed by atoms with E-state index >= 15 is 0 Å². The number of carbonyl (C=O) groups excluding carboxylic acids is 2. The standard InChI is InChI=1S/C37H41N7O5/c1-22-27(6-3-8-29(22)39-35(46)31-12-11-24(17-38-31)18-42-15-13-26(45)21-42)28-7-4-9-30(23(28)2)40-36(47)32-16-34-33(10-5-14-44(34)41-32)43-19-25(20-43)37(48)49/h3-4,6-9,11-12,16-17,25-26,33,45H,5,10,13-15,18-21H2,1-2H3,(H,39,46)(H,40,47)(H,48,49)/t26-,33+/m1/s1. The molecule has 2 aromatic heterocycles. The first-order valence-electron chi connectivity index (χ1n) is 16.9. The van der Waals surface area contributed by atoms with Crippen molar-refractivity contribution in [2.24, 2.45) is 5.92 Å². The summed E-state index contributed by atoms with van der Waals surface area (Å²) in [5.41, 5.74) is 7.55.